The summed E-state index contributed by atoms with van der Waals surface area (Å²) >= 11 is 18.5. The predicted molar refractivity (Wildman–Crippen MR) is 159 cm³/mol. The number of anilines is 3. The van der Waals surface area contributed by atoms with E-state index in [0.717, 1.165) is 5.56 Å². The lowest BCUT2D eigenvalue weighted by molar-refractivity contribution is 0.101. The number of nitrogens with one attached hydrogen (secondary N) is 4. The summed E-state index contributed by atoms with van der Waals surface area (Å²) in [7, 11) is 1.65. The number of halogens is 3. The van der Waals surface area contributed by atoms with Crippen LogP contribution in [0.25, 0.3) is 11.0 Å². The lowest BCUT2D eigenvalue weighted by Crippen LogP contribution is -2.28. The molecule has 0 aliphatic heterocycles. The van der Waals surface area contributed by atoms with Crippen LogP contribution in [-0.2, 0) is 4.74 Å². The van der Waals surface area contributed by atoms with Crippen LogP contribution in [0.5, 0.6) is 0 Å². The number of aromatic nitrogens is 2. The molecule has 3 aromatic carbocycles. The number of fused-ring (bicyclic) bond motifs is 1. The summed E-state index contributed by atoms with van der Waals surface area (Å²) in [6, 6.07) is 13.2. The van der Waals surface area contributed by atoms with E-state index < -0.39 is 11.8 Å². The Kier molecular flexibility index (Phi) is 8.71. The molecule has 0 radical (unpaired) electrons. The number of hydrogen-bond acceptors (Lipinski definition) is 5. The van der Waals surface area contributed by atoms with Crippen molar-refractivity contribution in [3.8, 4) is 0 Å². The fraction of sp³-hybridized carbons (Fsp3) is 0.250. The molecule has 1 aromatic heterocycles. The first kappa shape index (κ1) is 28.7. The number of hydrogen-bond donors (Lipinski definition) is 4. The number of nitrogens with zero attached hydrogens (tertiary/aromatic N) is 1. The van der Waals surface area contributed by atoms with E-state index in [-0.39, 0.29) is 21.6 Å². The zero-order valence-electron chi connectivity index (χ0n) is 21.8. The van der Waals surface area contributed by atoms with Crippen LogP contribution in [0.1, 0.15) is 40.1 Å². The van der Waals surface area contributed by atoms with E-state index in [1.807, 2.05) is 6.92 Å². The number of H-pyrrole nitrogens is 1. The van der Waals surface area contributed by atoms with E-state index in [9.17, 15) is 9.59 Å². The Labute approximate surface area is 241 Å². The van der Waals surface area contributed by atoms with Gasteiger partial charge in [-0.25, -0.2) is 4.98 Å². The van der Waals surface area contributed by atoms with Gasteiger partial charge >= 0.3 is 0 Å². The van der Waals surface area contributed by atoms with Crippen LogP contribution in [-0.4, -0.2) is 42.0 Å². The summed E-state index contributed by atoms with van der Waals surface area (Å²) in [5.74, 6) is -0.415. The lowest BCUT2D eigenvalue weighted by atomic mass is 9.95. The highest BCUT2D eigenvalue weighted by molar-refractivity contribution is 6.36. The monoisotopic (exact) mass is 587 g/mol. The first-order chi connectivity index (χ1) is 18.5. The summed E-state index contributed by atoms with van der Waals surface area (Å²) < 4.78 is 5.29. The average Bonchev–Trinajstić information content (AvgIpc) is 3.29. The van der Waals surface area contributed by atoms with Gasteiger partial charge in [0.15, 0.2) is 0 Å². The molecule has 0 aliphatic carbocycles. The Morgan fingerprint density at radius 2 is 1.72 bits per heavy atom. The molecule has 11 heteroatoms. The molecule has 39 heavy (non-hydrogen) atoms. The SMILES string of the molecule is COCC(C)(C)CNc1nc2c(C(=O)Nc3cccc(Cl)c3C)cc(NC(=O)c3cc(Cl)ccc3Cl)cc2[nH]1. The van der Waals surface area contributed by atoms with Crippen LogP contribution in [0.15, 0.2) is 48.5 Å². The van der Waals surface area contributed by atoms with Gasteiger partial charge in [-0.1, -0.05) is 54.7 Å². The quantitative estimate of drug-likeness (QED) is 0.163. The average molecular weight is 589 g/mol. The molecular formula is C28H28Cl3N5O3. The minimum Gasteiger partial charge on any atom is -0.384 e. The molecule has 4 N–H and O–H groups in total. The molecule has 1 heterocycles. The number of imidazole rings is 1. The fourth-order valence-corrected chi connectivity index (χ4v) is 4.56. The van der Waals surface area contributed by atoms with Crippen molar-refractivity contribution in [1.82, 2.24) is 9.97 Å². The van der Waals surface area contributed by atoms with Crippen LogP contribution in [0.4, 0.5) is 17.3 Å². The summed E-state index contributed by atoms with van der Waals surface area (Å²) in [5.41, 5.74) is 2.93. The van der Waals surface area contributed by atoms with Gasteiger partial charge in [-0.05, 0) is 55.0 Å². The minimum absolute atomic E-state index is 0.159. The normalized spacial score (nSPS) is 11.5. The molecular weight excluding hydrogens is 561 g/mol. The molecule has 2 amide bonds. The van der Waals surface area contributed by atoms with Gasteiger partial charge in [-0.15, -0.1) is 0 Å². The Balaban J connectivity index is 1.71. The number of aromatic amines is 1. The summed E-state index contributed by atoms with van der Waals surface area (Å²) in [5, 5.41) is 10.1. The first-order valence-corrected chi connectivity index (χ1v) is 13.2. The standard InChI is InChI=1S/C28H28Cl3N5O3/c1-15-20(30)6-5-7-22(15)34-26(38)19-11-17(33-25(37)18-10-16(29)8-9-21(18)31)12-23-24(19)36-27(35-23)32-13-28(2,3)14-39-4/h5-12H,13-14H2,1-4H3,(H,33,37)(H,34,38)(H2,32,35,36). The molecule has 0 spiro atoms. The number of rotatable bonds is 9. The molecule has 0 bridgehead atoms. The van der Waals surface area contributed by atoms with Gasteiger partial charge in [-0.2, -0.15) is 0 Å². The van der Waals surface area contributed by atoms with Crippen molar-refractivity contribution >= 4 is 75.0 Å². The molecule has 0 unspecified atom stereocenters. The van der Waals surface area contributed by atoms with Gasteiger partial charge in [0.1, 0.15) is 5.52 Å². The number of amides is 2. The van der Waals surface area contributed by atoms with Gasteiger partial charge in [0.25, 0.3) is 11.8 Å². The highest BCUT2D eigenvalue weighted by Gasteiger charge is 2.21. The molecule has 0 saturated heterocycles. The fourth-order valence-electron chi connectivity index (χ4n) is 4.01. The van der Waals surface area contributed by atoms with E-state index in [1.165, 1.54) is 6.07 Å². The third-order valence-corrected chi connectivity index (χ3v) is 7.02. The van der Waals surface area contributed by atoms with Crippen molar-refractivity contribution < 1.29 is 14.3 Å². The van der Waals surface area contributed by atoms with Gasteiger partial charge in [0, 0.05) is 40.5 Å². The Hall–Kier alpha value is -3.30. The van der Waals surface area contributed by atoms with Crippen molar-refractivity contribution in [3.05, 3.63) is 80.3 Å². The molecule has 0 fully saturated rings. The maximum absolute atomic E-state index is 13.5. The van der Waals surface area contributed by atoms with Gasteiger partial charge in [0.05, 0.1) is 28.3 Å². The first-order valence-electron chi connectivity index (χ1n) is 12.1. The molecule has 0 atom stereocenters. The number of carbonyl (C=O) groups is 2. The minimum atomic E-state index is -0.474. The summed E-state index contributed by atoms with van der Waals surface area (Å²) in [4.78, 5) is 34.4. The highest BCUT2D eigenvalue weighted by atomic mass is 35.5. The second-order valence-electron chi connectivity index (χ2n) is 9.90. The van der Waals surface area contributed by atoms with Gasteiger partial charge in [0.2, 0.25) is 5.95 Å². The van der Waals surface area contributed by atoms with Crippen molar-refractivity contribution in [2.24, 2.45) is 5.41 Å². The molecule has 204 valence electrons. The van der Waals surface area contributed by atoms with Crippen molar-refractivity contribution in [1.29, 1.82) is 0 Å². The Bertz CT molecular complexity index is 1550. The maximum Gasteiger partial charge on any atom is 0.258 e. The lowest BCUT2D eigenvalue weighted by Gasteiger charge is -2.23. The highest BCUT2D eigenvalue weighted by Crippen LogP contribution is 2.29. The van der Waals surface area contributed by atoms with E-state index in [2.05, 4.69) is 39.8 Å². The van der Waals surface area contributed by atoms with E-state index in [1.54, 1.807) is 49.6 Å². The molecule has 4 rings (SSSR count). The van der Waals surface area contributed by atoms with E-state index in [0.29, 0.717) is 51.6 Å². The largest absolute Gasteiger partial charge is 0.384 e. The van der Waals surface area contributed by atoms with Crippen molar-refractivity contribution in [2.45, 2.75) is 20.8 Å². The maximum atomic E-state index is 13.5. The third kappa shape index (κ3) is 6.83. The Morgan fingerprint density at radius 1 is 0.974 bits per heavy atom. The third-order valence-electron chi connectivity index (χ3n) is 6.05. The van der Waals surface area contributed by atoms with Gasteiger partial charge in [-0.3, -0.25) is 9.59 Å². The molecule has 8 nitrogen and oxygen atoms in total. The number of carbonyl (C=O) groups excluding carboxylic acids is 2. The van der Waals surface area contributed by atoms with Crippen LogP contribution in [0, 0.1) is 12.3 Å². The second-order valence-corrected chi connectivity index (χ2v) is 11.2. The summed E-state index contributed by atoms with van der Waals surface area (Å²) in [6.07, 6.45) is 0. The van der Waals surface area contributed by atoms with Crippen LogP contribution >= 0.6 is 34.8 Å². The molecule has 0 aliphatic rings. The smallest absolute Gasteiger partial charge is 0.258 e. The second kappa shape index (κ2) is 11.8. The van der Waals surface area contributed by atoms with E-state index >= 15 is 0 Å². The van der Waals surface area contributed by atoms with Gasteiger partial charge < -0.3 is 25.7 Å². The van der Waals surface area contributed by atoms with Crippen LogP contribution < -0.4 is 16.0 Å². The molecule has 4 aromatic rings. The topological polar surface area (TPSA) is 108 Å². The van der Waals surface area contributed by atoms with Crippen LogP contribution in [0.3, 0.4) is 0 Å². The Morgan fingerprint density at radius 3 is 2.46 bits per heavy atom. The zero-order chi connectivity index (χ0) is 28.3. The zero-order valence-corrected chi connectivity index (χ0v) is 24.1. The summed E-state index contributed by atoms with van der Waals surface area (Å²) in [6.45, 7) is 7.06. The van der Waals surface area contributed by atoms with E-state index in [4.69, 9.17) is 39.5 Å². The van der Waals surface area contributed by atoms with Crippen LogP contribution in [0.2, 0.25) is 15.1 Å². The predicted octanol–water partition coefficient (Wildman–Crippen LogP) is 7.42. The van der Waals surface area contributed by atoms with Crippen molar-refractivity contribution in [2.75, 3.05) is 36.2 Å². The number of methoxy groups -OCH3 is 1. The molecule has 0 saturated carbocycles. The van der Waals surface area contributed by atoms with Crippen molar-refractivity contribution in [3.63, 3.8) is 0 Å². The number of benzene rings is 3. The number of ether oxygens (including phenoxy) is 1.